The molecule has 0 aromatic heterocycles. The molecular weight excluding hydrogens is 316 g/mol. The van der Waals surface area contributed by atoms with Crippen molar-refractivity contribution < 1.29 is 28.6 Å². The molecule has 1 aromatic rings. The minimum atomic E-state index is -1.14. The Morgan fingerprint density at radius 2 is 2.04 bits per heavy atom. The van der Waals surface area contributed by atoms with E-state index in [4.69, 9.17) is 19.9 Å². The number of carbonyl (C=O) groups excluding carboxylic acids is 3. The highest BCUT2D eigenvalue weighted by Gasteiger charge is 2.20. The van der Waals surface area contributed by atoms with Crippen molar-refractivity contribution in [2.75, 3.05) is 13.2 Å². The summed E-state index contributed by atoms with van der Waals surface area (Å²) in [5.74, 6) is -0.860. The van der Waals surface area contributed by atoms with E-state index in [1.54, 1.807) is 12.1 Å². The molecule has 1 aliphatic rings. The first-order valence-corrected chi connectivity index (χ1v) is 7.61. The van der Waals surface area contributed by atoms with Gasteiger partial charge in [0.05, 0.1) is 11.7 Å². The monoisotopic (exact) mass is 336 g/mol. The Kier molecular flexibility index (Phi) is 6.14. The van der Waals surface area contributed by atoms with Crippen molar-refractivity contribution in [3.8, 4) is 5.75 Å². The molecule has 1 fully saturated rings. The Hall–Kier alpha value is -2.61. The molecule has 1 aliphatic heterocycles. The number of rotatable bonds is 6. The molecule has 1 aromatic carbocycles. The maximum absolute atomic E-state index is 11.9. The maximum atomic E-state index is 11.9. The van der Waals surface area contributed by atoms with Gasteiger partial charge in [-0.15, -0.1) is 0 Å². The van der Waals surface area contributed by atoms with Gasteiger partial charge < -0.3 is 19.9 Å². The molecule has 1 saturated heterocycles. The molecule has 8 nitrogen and oxygen atoms in total. The quantitative estimate of drug-likeness (QED) is 0.748. The van der Waals surface area contributed by atoms with Gasteiger partial charge in [0, 0.05) is 6.61 Å². The zero-order valence-corrected chi connectivity index (χ0v) is 13.3. The van der Waals surface area contributed by atoms with Gasteiger partial charge in [-0.05, 0) is 44.0 Å². The Balaban J connectivity index is 1.83. The second-order valence-corrected chi connectivity index (χ2v) is 5.37. The highest BCUT2D eigenvalue weighted by molar-refractivity contribution is 5.98. The van der Waals surface area contributed by atoms with E-state index >= 15 is 0 Å². The topological polar surface area (TPSA) is 117 Å². The standard InChI is InChI=1S/C16H20N2O6/c1-10(14(19)18-16(17)21)24-15(20)11-4-6-12(7-5-11)23-9-13-3-2-8-22-13/h4-7,10,13H,2-3,8-9H2,1H3,(H3,17,18,19,21). The van der Waals surface area contributed by atoms with Gasteiger partial charge in [0.25, 0.3) is 5.91 Å². The molecule has 2 rings (SSSR count). The van der Waals surface area contributed by atoms with Gasteiger partial charge in [0.1, 0.15) is 12.4 Å². The average molecular weight is 336 g/mol. The fourth-order valence-corrected chi connectivity index (χ4v) is 2.16. The van der Waals surface area contributed by atoms with E-state index in [-0.39, 0.29) is 11.7 Å². The zero-order chi connectivity index (χ0) is 17.5. The highest BCUT2D eigenvalue weighted by atomic mass is 16.5. The first kappa shape index (κ1) is 17.7. The summed E-state index contributed by atoms with van der Waals surface area (Å²) in [7, 11) is 0. The summed E-state index contributed by atoms with van der Waals surface area (Å²) in [6, 6.07) is 5.34. The summed E-state index contributed by atoms with van der Waals surface area (Å²) < 4.78 is 16.0. The van der Waals surface area contributed by atoms with E-state index in [0.29, 0.717) is 12.4 Å². The number of benzene rings is 1. The zero-order valence-electron chi connectivity index (χ0n) is 13.3. The van der Waals surface area contributed by atoms with Crippen molar-refractivity contribution in [2.45, 2.75) is 32.0 Å². The third-order valence-electron chi connectivity index (χ3n) is 3.45. The van der Waals surface area contributed by atoms with Gasteiger partial charge in [0.15, 0.2) is 6.10 Å². The van der Waals surface area contributed by atoms with Crippen LogP contribution in [0.4, 0.5) is 4.79 Å². The van der Waals surface area contributed by atoms with Gasteiger partial charge in [-0.2, -0.15) is 0 Å². The number of hydrogen-bond donors (Lipinski definition) is 2. The van der Waals surface area contributed by atoms with Crippen LogP contribution in [0.5, 0.6) is 5.75 Å². The Bertz CT molecular complexity index is 595. The van der Waals surface area contributed by atoms with Crippen LogP contribution in [0.25, 0.3) is 0 Å². The fraction of sp³-hybridized carbons (Fsp3) is 0.438. The van der Waals surface area contributed by atoms with Gasteiger partial charge >= 0.3 is 12.0 Å². The van der Waals surface area contributed by atoms with Crippen LogP contribution in [0.3, 0.4) is 0 Å². The van der Waals surface area contributed by atoms with E-state index in [0.717, 1.165) is 19.4 Å². The van der Waals surface area contributed by atoms with Crippen molar-refractivity contribution in [3.05, 3.63) is 29.8 Å². The molecular formula is C16H20N2O6. The van der Waals surface area contributed by atoms with Crippen LogP contribution < -0.4 is 15.8 Å². The minimum Gasteiger partial charge on any atom is -0.491 e. The van der Waals surface area contributed by atoms with E-state index in [9.17, 15) is 14.4 Å². The molecule has 3 N–H and O–H groups in total. The highest BCUT2D eigenvalue weighted by Crippen LogP contribution is 2.17. The average Bonchev–Trinajstić information content (AvgIpc) is 3.06. The number of carbonyl (C=O) groups is 3. The molecule has 0 saturated carbocycles. The molecule has 8 heteroatoms. The van der Waals surface area contributed by atoms with Crippen LogP contribution in [0.1, 0.15) is 30.1 Å². The van der Waals surface area contributed by atoms with Crippen molar-refractivity contribution in [3.63, 3.8) is 0 Å². The summed E-state index contributed by atoms with van der Waals surface area (Å²) in [5, 5.41) is 1.84. The summed E-state index contributed by atoms with van der Waals surface area (Å²) in [4.78, 5) is 34.0. The molecule has 3 amide bonds. The number of imide groups is 1. The van der Waals surface area contributed by atoms with Gasteiger partial charge in [-0.1, -0.05) is 0 Å². The summed E-state index contributed by atoms with van der Waals surface area (Å²) in [6.45, 7) is 2.57. The number of amides is 3. The van der Waals surface area contributed by atoms with E-state index in [1.165, 1.54) is 19.1 Å². The van der Waals surface area contributed by atoms with Crippen molar-refractivity contribution in [2.24, 2.45) is 5.73 Å². The summed E-state index contributed by atoms with van der Waals surface area (Å²) in [6.07, 6.45) is 0.996. The Morgan fingerprint density at radius 3 is 2.62 bits per heavy atom. The third kappa shape index (κ3) is 5.24. The Morgan fingerprint density at radius 1 is 1.33 bits per heavy atom. The largest absolute Gasteiger partial charge is 0.491 e. The Labute approximate surface area is 139 Å². The van der Waals surface area contributed by atoms with Gasteiger partial charge in [-0.25, -0.2) is 9.59 Å². The first-order valence-electron chi connectivity index (χ1n) is 7.61. The fourth-order valence-electron chi connectivity index (χ4n) is 2.16. The number of urea groups is 1. The number of nitrogens with one attached hydrogen (secondary N) is 1. The van der Waals surface area contributed by atoms with Crippen molar-refractivity contribution >= 4 is 17.9 Å². The van der Waals surface area contributed by atoms with E-state index in [1.807, 2.05) is 5.32 Å². The van der Waals surface area contributed by atoms with Gasteiger partial charge in [0.2, 0.25) is 0 Å². The molecule has 0 aliphatic carbocycles. The molecule has 2 unspecified atom stereocenters. The van der Waals surface area contributed by atoms with Crippen LogP contribution in [-0.4, -0.2) is 43.3 Å². The molecule has 0 spiro atoms. The number of nitrogens with two attached hydrogens (primary N) is 1. The summed E-state index contributed by atoms with van der Waals surface area (Å²) in [5.41, 5.74) is 5.09. The molecule has 1 heterocycles. The van der Waals surface area contributed by atoms with Crippen LogP contribution in [0.15, 0.2) is 24.3 Å². The summed E-state index contributed by atoms with van der Waals surface area (Å²) >= 11 is 0. The van der Waals surface area contributed by atoms with Crippen LogP contribution in [0.2, 0.25) is 0 Å². The molecule has 0 radical (unpaired) electrons. The van der Waals surface area contributed by atoms with Crippen LogP contribution in [-0.2, 0) is 14.3 Å². The lowest BCUT2D eigenvalue weighted by molar-refractivity contribution is -0.127. The lowest BCUT2D eigenvalue weighted by Crippen LogP contribution is -2.42. The van der Waals surface area contributed by atoms with Crippen LogP contribution in [0, 0.1) is 0 Å². The molecule has 130 valence electrons. The smallest absolute Gasteiger partial charge is 0.338 e. The normalized spacial score (nSPS) is 17.8. The lowest BCUT2D eigenvalue weighted by atomic mass is 10.2. The first-order chi connectivity index (χ1) is 11.5. The molecule has 24 heavy (non-hydrogen) atoms. The molecule has 2 atom stereocenters. The SMILES string of the molecule is CC(OC(=O)c1ccc(OCC2CCCO2)cc1)C(=O)NC(N)=O. The minimum absolute atomic E-state index is 0.110. The van der Waals surface area contributed by atoms with Crippen molar-refractivity contribution in [1.29, 1.82) is 0 Å². The second-order valence-electron chi connectivity index (χ2n) is 5.37. The number of primary amides is 1. The maximum Gasteiger partial charge on any atom is 0.338 e. The third-order valence-corrected chi connectivity index (χ3v) is 3.45. The lowest BCUT2D eigenvalue weighted by Gasteiger charge is -2.13. The van der Waals surface area contributed by atoms with E-state index < -0.39 is 24.0 Å². The van der Waals surface area contributed by atoms with Crippen LogP contribution >= 0.6 is 0 Å². The predicted octanol–water partition coefficient (Wildman–Crippen LogP) is 0.985. The van der Waals surface area contributed by atoms with Gasteiger partial charge in [-0.3, -0.25) is 10.1 Å². The number of hydrogen-bond acceptors (Lipinski definition) is 6. The number of ether oxygens (including phenoxy) is 3. The second kappa shape index (κ2) is 8.30. The van der Waals surface area contributed by atoms with E-state index in [2.05, 4.69) is 0 Å². The predicted molar refractivity (Wildman–Crippen MR) is 83.5 cm³/mol. The molecule has 0 bridgehead atoms. The number of esters is 1. The van der Waals surface area contributed by atoms with Crippen molar-refractivity contribution in [1.82, 2.24) is 5.32 Å².